The Morgan fingerprint density at radius 3 is 2.57 bits per heavy atom. The van der Waals surface area contributed by atoms with Gasteiger partial charge in [-0.3, -0.25) is 9.35 Å². The first-order chi connectivity index (χ1) is 13.2. The minimum atomic E-state index is -4.41. The zero-order valence-electron chi connectivity index (χ0n) is 15.2. The summed E-state index contributed by atoms with van der Waals surface area (Å²) < 4.78 is 36.3. The summed E-state index contributed by atoms with van der Waals surface area (Å²) in [5.41, 5.74) is -0.0600. The first-order valence-electron chi connectivity index (χ1n) is 8.41. The van der Waals surface area contributed by atoms with Crippen molar-refractivity contribution < 1.29 is 27.3 Å². The van der Waals surface area contributed by atoms with Crippen LogP contribution in [0.5, 0.6) is 0 Å². The molecule has 1 heterocycles. The molecule has 0 spiro atoms. The standard InChI is InChI=1S/C17H20N4O6S/c1-2-27-17(23)21-8-6-20(7-9-21)12-13(11-18)16(22)19-14-4-3-5-15(10-14)28(24,25)26/h3-5,10,12H,2,6-9H2,1H3,(H,19,22)(H,24,25,26)/b13-12-. The van der Waals surface area contributed by atoms with Crippen molar-refractivity contribution in [3.8, 4) is 6.07 Å². The molecule has 0 aromatic heterocycles. The lowest BCUT2D eigenvalue weighted by Gasteiger charge is -2.33. The Morgan fingerprint density at radius 1 is 1.32 bits per heavy atom. The first kappa shape index (κ1) is 21.2. The molecule has 1 aromatic carbocycles. The Balaban J connectivity index is 2.03. The van der Waals surface area contributed by atoms with Gasteiger partial charge in [-0.25, -0.2) is 4.79 Å². The molecular weight excluding hydrogens is 388 g/mol. The van der Waals surface area contributed by atoms with Gasteiger partial charge < -0.3 is 19.9 Å². The summed E-state index contributed by atoms with van der Waals surface area (Å²) in [6.45, 7) is 3.65. The quantitative estimate of drug-likeness (QED) is 0.419. The van der Waals surface area contributed by atoms with Crippen LogP contribution in [-0.2, 0) is 19.6 Å². The number of nitriles is 1. The molecular formula is C17H20N4O6S. The SMILES string of the molecule is CCOC(=O)N1CCN(/C=C(/C#N)C(=O)Nc2cccc(S(=O)(=O)O)c2)CC1. The second kappa shape index (κ2) is 9.20. The van der Waals surface area contributed by atoms with Crippen molar-refractivity contribution in [3.63, 3.8) is 0 Å². The van der Waals surface area contributed by atoms with Gasteiger partial charge in [0.05, 0.1) is 11.5 Å². The van der Waals surface area contributed by atoms with Gasteiger partial charge >= 0.3 is 6.09 Å². The van der Waals surface area contributed by atoms with Crippen molar-refractivity contribution in [1.29, 1.82) is 5.26 Å². The highest BCUT2D eigenvalue weighted by atomic mass is 32.2. The minimum absolute atomic E-state index is 0.119. The third kappa shape index (κ3) is 5.70. The van der Waals surface area contributed by atoms with E-state index in [0.717, 1.165) is 6.07 Å². The van der Waals surface area contributed by atoms with Gasteiger partial charge in [0.2, 0.25) is 0 Å². The molecule has 1 fully saturated rings. The van der Waals surface area contributed by atoms with Gasteiger partial charge in [0.25, 0.3) is 16.0 Å². The lowest BCUT2D eigenvalue weighted by atomic mass is 10.2. The zero-order chi connectivity index (χ0) is 20.7. The molecule has 2 amide bonds. The van der Waals surface area contributed by atoms with E-state index in [1.54, 1.807) is 22.8 Å². The molecule has 0 aliphatic carbocycles. The Morgan fingerprint density at radius 2 is 2.00 bits per heavy atom. The van der Waals surface area contributed by atoms with Crippen molar-refractivity contribution in [1.82, 2.24) is 9.80 Å². The fourth-order valence-corrected chi connectivity index (χ4v) is 3.03. The van der Waals surface area contributed by atoms with Gasteiger partial charge in [-0.15, -0.1) is 0 Å². The third-order valence-electron chi connectivity index (χ3n) is 3.91. The summed E-state index contributed by atoms with van der Waals surface area (Å²) in [4.78, 5) is 26.9. The molecule has 2 rings (SSSR count). The third-order valence-corrected chi connectivity index (χ3v) is 4.76. The van der Waals surface area contributed by atoms with Crippen LogP contribution in [-0.4, -0.2) is 67.6 Å². The second-order valence-electron chi connectivity index (χ2n) is 5.83. The smallest absolute Gasteiger partial charge is 0.409 e. The molecule has 2 N–H and O–H groups in total. The highest BCUT2D eigenvalue weighted by Gasteiger charge is 2.22. The molecule has 1 aromatic rings. The highest BCUT2D eigenvalue weighted by Crippen LogP contribution is 2.16. The number of anilines is 1. The molecule has 11 heteroatoms. The lowest BCUT2D eigenvalue weighted by molar-refractivity contribution is -0.112. The molecule has 10 nitrogen and oxygen atoms in total. The van der Waals surface area contributed by atoms with Crippen LogP contribution >= 0.6 is 0 Å². The Hall–Kier alpha value is -3.10. The maximum absolute atomic E-state index is 12.3. The van der Waals surface area contributed by atoms with E-state index < -0.39 is 22.1 Å². The lowest BCUT2D eigenvalue weighted by Crippen LogP contribution is -2.47. The molecule has 28 heavy (non-hydrogen) atoms. The van der Waals surface area contributed by atoms with E-state index in [1.165, 1.54) is 24.4 Å². The summed E-state index contributed by atoms with van der Waals surface area (Å²) in [6.07, 6.45) is 0.993. The van der Waals surface area contributed by atoms with E-state index in [0.29, 0.717) is 26.2 Å². The van der Waals surface area contributed by atoms with Crippen molar-refractivity contribution in [2.75, 3.05) is 38.1 Å². The van der Waals surface area contributed by atoms with Gasteiger partial charge in [0.15, 0.2) is 0 Å². The summed E-state index contributed by atoms with van der Waals surface area (Å²) in [7, 11) is -4.41. The number of carbonyl (C=O) groups is 2. The molecule has 0 unspecified atom stereocenters. The number of benzene rings is 1. The first-order valence-corrected chi connectivity index (χ1v) is 9.85. The summed E-state index contributed by atoms with van der Waals surface area (Å²) >= 11 is 0. The number of hydrogen-bond donors (Lipinski definition) is 2. The Kier molecular flexibility index (Phi) is 6.97. The van der Waals surface area contributed by atoms with Gasteiger partial charge in [0.1, 0.15) is 11.6 Å². The molecule has 1 aliphatic rings. The predicted molar refractivity (Wildman–Crippen MR) is 98.8 cm³/mol. The molecule has 0 radical (unpaired) electrons. The van der Waals surface area contributed by atoms with Crippen molar-refractivity contribution in [2.24, 2.45) is 0 Å². The van der Waals surface area contributed by atoms with Crippen LogP contribution in [0.2, 0.25) is 0 Å². The summed E-state index contributed by atoms with van der Waals surface area (Å²) in [6, 6.07) is 6.84. The molecule has 0 atom stereocenters. The number of rotatable bonds is 5. The topological polar surface area (TPSA) is 140 Å². The number of nitrogens with zero attached hydrogens (tertiary/aromatic N) is 3. The van der Waals surface area contributed by atoms with E-state index in [4.69, 9.17) is 9.29 Å². The van der Waals surface area contributed by atoms with Crippen molar-refractivity contribution >= 4 is 27.8 Å². The van der Waals surface area contributed by atoms with Crippen LogP contribution in [0, 0.1) is 11.3 Å². The molecule has 0 saturated carbocycles. The highest BCUT2D eigenvalue weighted by molar-refractivity contribution is 7.85. The average Bonchev–Trinajstić information content (AvgIpc) is 2.66. The fourth-order valence-electron chi connectivity index (χ4n) is 2.50. The average molecular weight is 408 g/mol. The van der Waals surface area contributed by atoms with Gasteiger partial charge in [-0.2, -0.15) is 13.7 Å². The number of hydrogen-bond acceptors (Lipinski definition) is 7. The van der Waals surface area contributed by atoms with Gasteiger partial charge in [0, 0.05) is 38.1 Å². The van der Waals surface area contributed by atoms with Crippen molar-refractivity contribution in [2.45, 2.75) is 11.8 Å². The van der Waals surface area contributed by atoms with E-state index >= 15 is 0 Å². The molecule has 1 aliphatic heterocycles. The zero-order valence-corrected chi connectivity index (χ0v) is 16.0. The predicted octanol–water partition coefficient (Wildman–Crippen LogP) is 1.05. The number of nitrogens with one attached hydrogen (secondary N) is 1. The van der Waals surface area contributed by atoms with Crippen LogP contribution in [0.1, 0.15) is 6.92 Å². The van der Waals surface area contributed by atoms with Crippen molar-refractivity contribution in [3.05, 3.63) is 36.0 Å². The number of ether oxygens (including phenoxy) is 1. The van der Waals surface area contributed by atoms with Crippen LogP contribution in [0.4, 0.5) is 10.5 Å². The van der Waals surface area contributed by atoms with E-state index in [-0.39, 0.29) is 22.8 Å². The minimum Gasteiger partial charge on any atom is -0.450 e. The molecule has 150 valence electrons. The van der Waals surface area contributed by atoms with Gasteiger partial charge in [-0.1, -0.05) is 6.07 Å². The van der Waals surface area contributed by atoms with Crippen LogP contribution in [0.25, 0.3) is 0 Å². The van der Waals surface area contributed by atoms with Crippen LogP contribution < -0.4 is 5.32 Å². The molecule has 1 saturated heterocycles. The number of amides is 2. The van der Waals surface area contributed by atoms with Gasteiger partial charge in [-0.05, 0) is 25.1 Å². The normalized spacial score (nSPS) is 15.0. The van der Waals surface area contributed by atoms with Crippen LogP contribution in [0.15, 0.2) is 40.9 Å². The fraction of sp³-hybridized carbons (Fsp3) is 0.353. The Bertz CT molecular complexity index is 914. The Labute approximate surface area is 162 Å². The van der Waals surface area contributed by atoms with E-state index in [9.17, 15) is 23.3 Å². The maximum atomic E-state index is 12.3. The van der Waals surface area contributed by atoms with Crippen LogP contribution in [0.3, 0.4) is 0 Å². The van der Waals surface area contributed by atoms with E-state index in [2.05, 4.69) is 5.32 Å². The summed E-state index contributed by atoms with van der Waals surface area (Å²) in [5, 5.41) is 11.7. The van der Waals surface area contributed by atoms with E-state index in [1.807, 2.05) is 0 Å². The monoisotopic (exact) mass is 408 g/mol. The molecule has 0 bridgehead atoms. The number of carbonyl (C=O) groups excluding carboxylic acids is 2. The maximum Gasteiger partial charge on any atom is 0.409 e. The largest absolute Gasteiger partial charge is 0.450 e. The number of piperazine rings is 1. The second-order valence-corrected chi connectivity index (χ2v) is 7.26. The summed E-state index contributed by atoms with van der Waals surface area (Å²) in [5.74, 6) is -0.720.